The van der Waals surface area contributed by atoms with Crippen molar-refractivity contribution in [3.05, 3.63) is 24.5 Å². The Morgan fingerprint density at radius 3 is 2.83 bits per heavy atom. The Morgan fingerprint density at radius 2 is 2.33 bits per heavy atom. The molecule has 5 nitrogen and oxygen atoms in total. The van der Waals surface area contributed by atoms with E-state index in [9.17, 15) is 8.42 Å². The number of rotatable bonds is 3. The minimum absolute atomic E-state index is 0.169. The lowest BCUT2D eigenvalue weighted by Gasteiger charge is -2.02. The van der Waals surface area contributed by atoms with Gasteiger partial charge in [-0.1, -0.05) is 0 Å². The first-order chi connectivity index (χ1) is 5.64. The van der Waals surface area contributed by atoms with Crippen molar-refractivity contribution in [2.45, 2.75) is 0 Å². The van der Waals surface area contributed by atoms with Crippen LogP contribution in [0.3, 0.4) is 0 Å². The summed E-state index contributed by atoms with van der Waals surface area (Å²) in [5.41, 5.74) is 4.92. The maximum absolute atomic E-state index is 10.8. The van der Waals surface area contributed by atoms with E-state index in [0.29, 0.717) is 0 Å². The second-order valence-corrected chi connectivity index (χ2v) is 3.61. The van der Waals surface area contributed by atoms with E-state index in [2.05, 4.69) is 9.17 Å². The zero-order valence-electron chi connectivity index (χ0n) is 6.17. The van der Waals surface area contributed by atoms with E-state index in [1.807, 2.05) is 0 Å². The smallest absolute Gasteiger partial charge is 0.322 e. The van der Waals surface area contributed by atoms with Crippen molar-refractivity contribution >= 4 is 10.1 Å². The van der Waals surface area contributed by atoms with Gasteiger partial charge in [0.15, 0.2) is 5.75 Å². The molecule has 0 aromatic carbocycles. The van der Waals surface area contributed by atoms with Crippen molar-refractivity contribution in [3.63, 3.8) is 0 Å². The molecule has 1 heterocycles. The molecule has 1 aromatic rings. The second kappa shape index (κ2) is 3.51. The Hall–Kier alpha value is -1.14. The first-order valence-electron chi connectivity index (χ1n) is 3.16. The van der Waals surface area contributed by atoms with Crippen LogP contribution >= 0.6 is 0 Å². The molecule has 6 heteroatoms. The Labute approximate surface area is 70.3 Å². The monoisotopic (exact) mass is 188 g/mol. The van der Waals surface area contributed by atoms with Crippen LogP contribution in [0.5, 0.6) is 5.75 Å². The van der Waals surface area contributed by atoms with E-state index < -0.39 is 16.0 Å². The molecule has 0 bridgehead atoms. The van der Waals surface area contributed by atoms with Crippen LogP contribution in [0.25, 0.3) is 0 Å². The van der Waals surface area contributed by atoms with E-state index >= 15 is 0 Å². The van der Waals surface area contributed by atoms with Crippen LogP contribution in [0.2, 0.25) is 0 Å². The Balaban J connectivity index is 2.78. The maximum atomic E-state index is 10.8. The van der Waals surface area contributed by atoms with E-state index in [0.717, 1.165) is 0 Å². The summed E-state index contributed by atoms with van der Waals surface area (Å²) in [4.78, 5) is 3.67. The predicted molar refractivity (Wildman–Crippen MR) is 42.8 cm³/mol. The van der Waals surface area contributed by atoms with Gasteiger partial charge in [-0.15, -0.1) is 0 Å². The number of aromatic nitrogens is 1. The molecule has 0 aliphatic heterocycles. The summed E-state index contributed by atoms with van der Waals surface area (Å²) in [5, 5.41) is 0. The molecule has 0 spiro atoms. The SMILES string of the molecule is NCS(=O)(=O)Oc1cccnc1. The number of hydrogen-bond acceptors (Lipinski definition) is 5. The van der Waals surface area contributed by atoms with Crippen LogP contribution in [0.15, 0.2) is 24.5 Å². The van der Waals surface area contributed by atoms with Gasteiger partial charge in [0.2, 0.25) is 0 Å². The lowest BCUT2D eigenvalue weighted by atomic mass is 10.5. The van der Waals surface area contributed by atoms with Crippen molar-refractivity contribution in [2.24, 2.45) is 5.73 Å². The van der Waals surface area contributed by atoms with Crippen LogP contribution < -0.4 is 9.92 Å². The van der Waals surface area contributed by atoms with Crippen molar-refractivity contribution in [1.29, 1.82) is 0 Å². The van der Waals surface area contributed by atoms with Crippen LogP contribution in [0.1, 0.15) is 0 Å². The third kappa shape index (κ3) is 2.48. The molecule has 0 fully saturated rings. The minimum Gasteiger partial charge on any atom is -0.380 e. The molecule has 1 rings (SSSR count). The van der Waals surface area contributed by atoms with Crippen LogP contribution in [0, 0.1) is 0 Å². The van der Waals surface area contributed by atoms with Crippen LogP contribution in [0.4, 0.5) is 0 Å². The quantitative estimate of drug-likeness (QED) is 0.659. The highest BCUT2D eigenvalue weighted by atomic mass is 32.2. The summed E-state index contributed by atoms with van der Waals surface area (Å²) in [6, 6.07) is 3.06. The molecular formula is C6H8N2O3S. The molecule has 0 radical (unpaired) electrons. The van der Waals surface area contributed by atoms with Crippen molar-refractivity contribution in [2.75, 3.05) is 5.88 Å². The van der Waals surface area contributed by atoms with Gasteiger partial charge in [0, 0.05) is 6.20 Å². The molecule has 0 aliphatic carbocycles. The van der Waals surface area contributed by atoms with Gasteiger partial charge in [0.25, 0.3) is 0 Å². The van der Waals surface area contributed by atoms with Gasteiger partial charge >= 0.3 is 10.1 Å². The van der Waals surface area contributed by atoms with E-state index in [1.165, 1.54) is 18.5 Å². The summed E-state index contributed by atoms with van der Waals surface area (Å²) in [7, 11) is -3.63. The third-order valence-electron chi connectivity index (χ3n) is 1.06. The van der Waals surface area contributed by atoms with Crippen molar-refractivity contribution in [3.8, 4) is 5.75 Å². The highest BCUT2D eigenvalue weighted by Gasteiger charge is 2.08. The molecule has 0 saturated carbocycles. The maximum Gasteiger partial charge on any atom is 0.322 e. The van der Waals surface area contributed by atoms with Gasteiger partial charge in [-0.2, -0.15) is 8.42 Å². The van der Waals surface area contributed by atoms with Gasteiger partial charge in [-0.05, 0) is 12.1 Å². The van der Waals surface area contributed by atoms with Crippen molar-refractivity contribution < 1.29 is 12.6 Å². The summed E-state index contributed by atoms with van der Waals surface area (Å²) < 4.78 is 26.1. The first kappa shape index (κ1) is 8.95. The first-order valence-corrected chi connectivity index (χ1v) is 4.74. The molecule has 0 unspecified atom stereocenters. The average molecular weight is 188 g/mol. The molecule has 0 saturated heterocycles. The molecule has 1 aromatic heterocycles. The zero-order valence-corrected chi connectivity index (χ0v) is 6.99. The largest absolute Gasteiger partial charge is 0.380 e. The summed E-state index contributed by atoms with van der Waals surface area (Å²) in [5.74, 6) is -0.370. The van der Waals surface area contributed by atoms with Gasteiger partial charge in [-0.25, -0.2) is 0 Å². The van der Waals surface area contributed by atoms with Crippen molar-refractivity contribution in [1.82, 2.24) is 4.98 Å². The lowest BCUT2D eigenvalue weighted by molar-refractivity contribution is 0.485. The van der Waals surface area contributed by atoms with E-state index in [4.69, 9.17) is 5.73 Å². The standard InChI is InChI=1S/C6H8N2O3S/c7-5-12(9,10)11-6-2-1-3-8-4-6/h1-4H,5,7H2. The minimum atomic E-state index is -3.63. The highest BCUT2D eigenvalue weighted by Crippen LogP contribution is 2.08. The summed E-state index contributed by atoms with van der Waals surface area (Å²) in [6.07, 6.45) is 2.81. The number of nitrogens with zero attached hydrogens (tertiary/aromatic N) is 1. The molecule has 12 heavy (non-hydrogen) atoms. The topological polar surface area (TPSA) is 82.3 Å². The number of nitrogens with two attached hydrogens (primary N) is 1. The van der Waals surface area contributed by atoms with Crippen LogP contribution in [-0.4, -0.2) is 19.3 Å². The molecule has 2 N–H and O–H groups in total. The number of hydrogen-bond donors (Lipinski definition) is 1. The fourth-order valence-electron chi connectivity index (χ4n) is 0.577. The second-order valence-electron chi connectivity index (χ2n) is 2.00. The number of pyridine rings is 1. The molecule has 0 aliphatic rings. The Kier molecular flexibility index (Phi) is 2.61. The van der Waals surface area contributed by atoms with E-state index in [1.54, 1.807) is 6.07 Å². The van der Waals surface area contributed by atoms with E-state index in [-0.39, 0.29) is 5.75 Å². The van der Waals surface area contributed by atoms with Crippen LogP contribution in [-0.2, 0) is 10.1 Å². The molecule has 0 amide bonds. The lowest BCUT2D eigenvalue weighted by Crippen LogP contribution is -2.19. The summed E-state index contributed by atoms with van der Waals surface area (Å²) >= 11 is 0. The Morgan fingerprint density at radius 1 is 1.58 bits per heavy atom. The molecule has 0 atom stereocenters. The van der Waals surface area contributed by atoms with Gasteiger partial charge < -0.3 is 9.92 Å². The van der Waals surface area contributed by atoms with Gasteiger partial charge in [0.1, 0.15) is 5.88 Å². The fraction of sp³-hybridized carbons (Fsp3) is 0.167. The highest BCUT2D eigenvalue weighted by molar-refractivity contribution is 7.87. The molecule has 66 valence electrons. The zero-order chi connectivity index (χ0) is 9.03. The normalized spacial score (nSPS) is 11.1. The van der Waals surface area contributed by atoms with Gasteiger partial charge in [0.05, 0.1) is 6.20 Å². The average Bonchev–Trinajstić information content (AvgIpc) is 2.06. The predicted octanol–water partition coefficient (Wildman–Crippen LogP) is -0.294. The summed E-state index contributed by atoms with van der Waals surface area (Å²) in [6.45, 7) is 0. The fourth-order valence-corrected chi connectivity index (χ4v) is 1.04. The van der Waals surface area contributed by atoms with Gasteiger partial charge in [-0.3, -0.25) is 4.98 Å². The molecular weight excluding hydrogens is 180 g/mol. The Bertz CT molecular complexity index is 335. The third-order valence-corrected chi connectivity index (χ3v) is 1.92.